The normalized spacial score (nSPS) is 10.7. The summed E-state index contributed by atoms with van der Waals surface area (Å²) in [7, 11) is 0. The number of hydrogen-bond acceptors (Lipinski definition) is 2. The van der Waals surface area contributed by atoms with Gasteiger partial charge in [-0.25, -0.2) is 4.98 Å². The largest absolute Gasteiger partial charge is 0.439 e. The smallest absolute Gasteiger partial charge is 0.219 e. The lowest BCUT2D eigenvalue weighted by Gasteiger charge is -2.06. The van der Waals surface area contributed by atoms with Gasteiger partial charge in [-0.15, -0.1) is 11.6 Å². The topological polar surface area (TPSA) is 22.1 Å². The van der Waals surface area contributed by atoms with Crippen LogP contribution >= 0.6 is 27.5 Å². The van der Waals surface area contributed by atoms with Crippen LogP contribution in [0.2, 0.25) is 0 Å². The van der Waals surface area contributed by atoms with E-state index in [0.717, 1.165) is 26.6 Å². The molecule has 0 fully saturated rings. The molecule has 0 saturated heterocycles. The van der Waals surface area contributed by atoms with Crippen molar-refractivity contribution in [3.8, 4) is 11.6 Å². The summed E-state index contributed by atoms with van der Waals surface area (Å²) in [6, 6.07) is 15.8. The summed E-state index contributed by atoms with van der Waals surface area (Å²) in [6.45, 7) is 0. The fourth-order valence-corrected chi connectivity index (χ4v) is 2.47. The van der Waals surface area contributed by atoms with Gasteiger partial charge < -0.3 is 4.74 Å². The molecule has 0 bridgehead atoms. The molecule has 0 aliphatic heterocycles. The molecule has 2 aromatic carbocycles. The van der Waals surface area contributed by atoms with Crippen molar-refractivity contribution in [1.82, 2.24) is 4.98 Å². The van der Waals surface area contributed by atoms with Crippen molar-refractivity contribution in [2.24, 2.45) is 0 Å². The molecule has 100 valence electrons. The first-order valence-electron chi connectivity index (χ1n) is 6.13. The van der Waals surface area contributed by atoms with Crippen molar-refractivity contribution in [3.05, 3.63) is 64.8 Å². The summed E-state index contributed by atoms with van der Waals surface area (Å²) in [4.78, 5) is 4.22. The van der Waals surface area contributed by atoms with E-state index < -0.39 is 0 Å². The molecular formula is C16H11BrClNO. The maximum Gasteiger partial charge on any atom is 0.219 e. The van der Waals surface area contributed by atoms with Crippen LogP contribution in [-0.2, 0) is 5.88 Å². The molecule has 0 aliphatic rings. The monoisotopic (exact) mass is 347 g/mol. The zero-order chi connectivity index (χ0) is 13.9. The number of ether oxygens (including phenoxy) is 1. The summed E-state index contributed by atoms with van der Waals surface area (Å²) in [5, 5.41) is 2.29. The molecule has 0 N–H and O–H groups in total. The SMILES string of the molecule is ClCc1ccc(Oc2ccc3cc(Br)ccc3c2)nc1. The fourth-order valence-electron chi connectivity index (χ4n) is 1.93. The van der Waals surface area contributed by atoms with Gasteiger partial charge in [0.2, 0.25) is 5.88 Å². The molecule has 2 nitrogen and oxygen atoms in total. The minimum atomic E-state index is 0.456. The number of pyridine rings is 1. The highest BCUT2D eigenvalue weighted by Gasteiger charge is 2.01. The van der Waals surface area contributed by atoms with E-state index in [1.54, 1.807) is 6.20 Å². The van der Waals surface area contributed by atoms with Crippen LogP contribution in [0.25, 0.3) is 10.8 Å². The summed E-state index contributed by atoms with van der Waals surface area (Å²) in [5.74, 6) is 1.79. The third-order valence-electron chi connectivity index (χ3n) is 2.95. The van der Waals surface area contributed by atoms with Gasteiger partial charge in [0.15, 0.2) is 0 Å². The summed E-state index contributed by atoms with van der Waals surface area (Å²) in [5.41, 5.74) is 0.974. The Balaban J connectivity index is 1.88. The zero-order valence-corrected chi connectivity index (χ0v) is 12.9. The van der Waals surface area contributed by atoms with Gasteiger partial charge in [-0.2, -0.15) is 0 Å². The molecular weight excluding hydrogens is 338 g/mol. The van der Waals surface area contributed by atoms with E-state index in [9.17, 15) is 0 Å². The number of fused-ring (bicyclic) bond motifs is 1. The second kappa shape index (κ2) is 5.81. The first-order valence-corrected chi connectivity index (χ1v) is 7.45. The van der Waals surface area contributed by atoms with Crippen LogP contribution in [0.15, 0.2) is 59.2 Å². The van der Waals surface area contributed by atoms with Crippen molar-refractivity contribution in [2.45, 2.75) is 5.88 Å². The molecule has 0 amide bonds. The Labute approximate surface area is 130 Å². The van der Waals surface area contributed by atoms with E-state index in [2.05, 4.69) is 33.0 Å². The second-order valence-corrected chi connectivity index (χ2v) is 5.58. The van der Waals surface area contributed by atoms with Crippen molar-refractivity contribution in [3.63, 3.8) is 0 Å². The first kappa shape index (κ1) is 13.4. The predicted molar refractivity (Wildman–Crippen MR) is 85.5 cm³/mol. The van der Waals surface area contributed by atoms with Crippen molar-refractivity contribution < 1.29 is 4.74 Å². The average molecular weight is 349 g/mol. The highest BCUT2D eigenvalue weighted by Crippen LogP contribution is 2.26. The Morgan fingerprint density at radius 3 is 2.55 bits per heavy atom. The van der Waals surface area contributed by atoms with Crippen molar-refractivity contribution in [2.75, 3.05) is 0 Å². The summed E-state index contributed by atoms with van der Waals surface area (Å²) >= 11 is 9.20. The van der Waals surface area contributed by atoms with E-state index in [4.69, 9.17) is 16.3 Å². The van der Waals surface area contributed by atoms with Gasteiger partial charge in [0, 0.05) is 22.6 Å². The van der Waals surface area contributed by atoms with Crippen LogP contribution in [0.4, 0.5) is 0 Å². The number of nitrogens with zero attached hydrogens (tertiary/aromatic N) is 1. The number of alkyl halides is 1. The minimum absolute atomic E-state index is 0.456. The number of halogens is 2. The molecule has 0 saturated carbocycles. The predicted octanol–water partition coefficient (Wildman–Crippen LogP) is 5.53. The van der Waals surface area contributed by atoms with Gasteiger partial charge in [0.25, 0.3) is 0 Å². The number of hydrogen-bond donors (Lipinski definition) is 0. The molecule has 0 aliphatic carbocycles. The van der Waals surface area contributed by atoms with E-state index in [1.807, 2.05) is 36.4 Å². The zero-order valence-electron chi connectivity index (χ0n) is 10.5. The molecule has 0 spiro atoms. The van der Waals surface area contributed by atoms with Crippen molar-refractivity contribution >= 4 is 38.3 Å². The Morgan fingerprint density at radius 1 is 1.00 bits per heavy atom. The van der Waals surface area contributed by atoms with Crippen LogP contribution in [0.1, 0.15) is 5.56 Å². The van der Waals surface area contributed by atoms with Gasteiger partial charge >= 0.3 is 0 Å². The third-order valence-corrected chi connectivity index (χ3v) is 3.75. The van der Waals surface area contributed by atoms with Gasteiger partial charge in [0.1, 0.15) is 5.75 Å². The lowest BCUT2D eigenvalue weighted by molar-refractivity contribution is 0.463. The molecule has 0 unspecified atom stereocenters. The summed E-state index contributed by atoms with van der Waals surface area (Å²) in [6.07, 6.45) is 1.72. The Morgan fingerprint density at radius 2 is 1.80 bits per heavy atom. The second-order valence-electron chi connectivity index (χ2n) is 4.39. The Bertz CT molecular complexity index is 743. The van der Waals surface area contributed by atoms with Gasteiger partial charge in [-0.3, -0.25) is 0 Å². The molecule has 0 radical (unpaired) electrons. The molecule has 1 aromatic heterocycles. The number of rotatable bonds is 3. The number of aromatic nitrogens is 1. The maximum atomic E-state index is 5.75. The quantitative estimate of drug-likeness (QED) is 0.581. The molecule has 4 heteroatoms. The van der Waals surface area contributed by atoms with E-state index in [-0.39, 0.29) is 0 Å². The third kappa shape index (κ3) is 2.94. The van der Waals surface area contributed by atoms with E-state index in [1.165, 1.54) is 0 Å². The summed E-state index contributed by atoms with van der Waals surface area (Å²) < 4.78 is 6.82. The minimum Gasteiger partial charge on any atom is -0.439 e. The van der Waals surface area contributed by atoms with Gasteiger partial charge in [-0.1, -0.05) is 34.1 Å². The molecule has 20 heavy (non-hydrogen) atoms. The Hall–Kier alpha value is -1.58. The van der Waals surface area contributed by atoms with Crippen molar-refractivity contribution in [1.29, 1.82) is 0 Å². The van der Waals surface area contributed by atoms with Crippen LogP contribution in [0.3, 0.4) is 0 Å². The highest BCUT2D eigenvalue weighted by molar-refractivity contribution is 9.10. The molecule has 0 atom stereocenters. The van der Waals surface area contributed by atoms with Gasteiger partial charge in [0.05, 0.1) is 0 Å². The maximum absolute atomic E-state index is 5.75. The van der Waals surface area contributed by atoms with Crippen LogP contribution in [0.5, 0.6) is 11.6 Å². The molecule has 3 aromatic rings. The van der Waals surface area contributed by atoms with Crippen LogP contribution < -0.4 is 4.74 Å². The number of benzene rings is 2. The molecule has 1 heterocycles. The molecule has 3 rings (SSSR count). The Kier molecular flexibility index (Phi) is 3.90. The van der Waals surface area contributed by atoms with E-state index >= 15 is 0 Å². The fraction of sp³-hybridized carbons (Fsp3) is 0.0625. The van der Waals surface area contributed by atoms with Crippen LogP contribution in [0, 0.1) is 0 Å². The highest BCUT2D eigenvalue weighted by atomic mass is 79.9. The van der Waals surface area contributed by atoms with Gasteiger partial charge in [-0.05, 0) is 40.6 Å². The first-order chi connectivity index (χ1) is 9.74. The lowest BCUT2D eigenvalue weighted by Crippen LogP contribution is -1.89. The van der Waals surface area contributed by atoms with Crippen LogP contribution in [-0.4, -0.2) is 4.98 Å². The average Bonchev–Trinajstić information content (AvgIpc) is 2.48. The standard InChI is InChI=1S/C16H11BrClNO/c17-14-4-2-13-8-15(5-3-12(13)7-14)20-16-6-1-11(9-18)10-19-16/h1-8,10H,9H2. The lowest BCUT2D eigenvalue weighted by atomic mass is 10.1. The van der Waals surface area contributed by atoms with E-state index in [0.29, 0.717) is 11.8 Å².